The maximum Gasteiger partial charge on any atom is 0.262 e. The Morgan fingerprint density at radius 1 is 1.09 bits per heavy atom. The molecule has 22 heavy (non-hydrogen) atoms. The first kappa shape index (κ1) is 14.6. The first-order valence-electron chi connectivity index (χ1n) is 6.72. The molecule has 0 saturated heterocycles. The number of para-hydroxylation sites is 2. The number of rotatable bonds is 2. The van der Waals surface area contributed by atoms with Crippen LogP contribution in [0.15, 0.2) is 53.4 Å². The summed E-state index contributed by atoms with van der Waals surface area (Å²) in [6.45, 7) is 1.86. The molecule has 114 valence electrons. The summed E-state index contributed by atoms with van der Waals surface area (Å²) in [5.41, 5.74) is 1.95. The number of hydrogen-bond donors (Lipinski definition) is 3. The molecule has 0 saturated carbocycles. The van der Waals surface area contributed by atoms with Crippen molar-refractivity contribution in [1.29, 1.82) is 0 Å². The molecule has 1 heterocycles. The Morgan fingerprint density at radius 3 is 2.55 bits per heavy atom. The molecule has 6 nitrogen and oxygen atoms in total. The molecule has 2 aromatic carbocycles. The van der Waals surface area contributed by atoms with E-state index in [1.807, 2.05) is 19.1 Å². The van der Waals surface area contributed by atoms with Crippen LogP contribution in [-0.2, 0) is 14.8 Å². The van der Waals surface area contributed by atoms with Gasteiger partial charge in [0.25, 0.3) is 5.91 Å². The molecule has 0 aromatic heterocycles. The number of hydrogen-bond acceptors (Lipinski definition) is 4. The number of carbonyl (C=O) groups excluding carboxylic acids is 1. The van der Waals surface area contributed by atoms with Gasteiger partial charge in [0.05, 0.1) is 5.69 Å². The van der Waals surface area contributed by atoms with Gasteiger partial charge >= 0.3 is 0 Å². The Morgan fingerprint density at radius 2 is 1.77 bits per heavy atom. The molecule has 2 aromatic rings. The van der Waals surface area contributed by atoms with Crippen molar-refractivity contribution >= 4 is 27.3 Å². The molecule has 1 amide bonds. The predicted molar refractivity (Wildman–Crippen MR) is 84.0 cm³/mol. The maximum absolute atomic E-state index is 12.3. The molecule has 1 unspecified atom stereocenters. The second-order valence-electron chi connectivity index (χ2n) is 5.00. The van der Waals surface area contributed by atoms with Crippen LogP contribution in [0.4, 0.5) is 11.4 Å². The lowest BCUT2D eigenvalue weighted by Gasteiger charge is -2.27. The second-order valence-corrected chi connectivity index (χ2v) is 6.68. The van der Waals surface area contributed by atoms with E-state index in [4.69, 9.17) is 0 Å². The van der Waals surface area contributed by atoms with Gasteiger partial charge in [-0.15, -0.1) is 0 Å². The van der Waals surface area contributed by atoms with Crippen molar-refractivity contribution < 1.29 is 13.2 Å². The van der Waals surface area contributed by atoms with Crippen molar-refractivity contribution in [2.75, 3.05) is 10.6 Å². The molecular weight excluding hydrogens is 302 g/mol. The number of aryl methyl sites for hydroxylation is 1. The summed E-state index contributed by atoms with van der Waals surface area (Å²) in [4.78, 5) is 12.5. The standard InChI is InChI=1S/C15H15N3O3S/c1-10-6-2-3-7-11(10)17-15(19)14-16-12-8-4-5-9-13(12)22(20,21)18-14/h2-9,14,16,18H,1H3,(H,17,19). The predicted octanol–water partition coefficient (Wildman–Crippen LogP) is 1.66. The molecule has 1 aliphatic heterocycles. The quantitative estimate of drug-likeness (QED) is 0.786. The van der Waals surface area contributed by atoms with Gasteiger partial charge in [0.2, 0.25) is 10.0 Å². The topological polar surface area (TPSA) is 87.3 Å². The lowest BCUT2D eigenvalue weighted by Crippen LogP contribution is -2.51. The number of carbonyl (C=O) groups is 1. The van der Waals surface area contributed by atoms with Gasteiger partial charge in [-0.25, -0.2) is 8.42 Å². The Balaban J connectivity index is 1.85. The molecule has 1 atom stereocenters. The molecule has 7 heteroatoms. The van der Waals surface area contributed by atoms with Crippen LogP contribution in [0.5, 0.6) is 0 Å². The van der Waals surface area contributed by atoms with Crippen LogP contribution in [0.2, 0.25) is 0 Å². The van der Waals surface area contributed by atoms with Crippen molar-refractivity contribution in [3.8, 4) is 0 Å². The van der Waals surface area contributed by atoms with Gasteiger partial charge in [-0.1, -0.05) is 30.3 Å². The van der Waals surface area contributed by atoms with E-state index in [-0.39, 0.29) is 4.90 Å². The zero-order valence-electron chi connectivity index (χ0n) is 11.8. The second kappa shape index (κ2) is 5.43. The van der Waals surface area contributed by atoms with E-state index in [1.54, 1.807) is 30.3 Å². The minimum Gasteiger partial charge on any atom is -0.360 e. The summed E-state index contributed by atoms with van der Waals surface area (Å²) in [5.74, 6) is -0.465. The molecule has 0 aliphatic carbocycles. The summed E-state index contributed by atoms with van der Waals surface area (Å²) in [6, 6.07) is 13.7. The number of amides is 1. The number of fused-ring (bicyclic) bond motifs is 1. The number of benzene rings is 2. The molecule has 0 spiro atoms. The van der Waals surface area contributed by atoms with E-state index in [0.717, 1.165) is 5.56 Å². The highest BCUT2D eigenvalue weighted by Gasteiger charge is 2.32. The van der Waals surface area contributed by atoms with E-state index in [2.05, 4.69) is 15.4 Å². The van der Waals surface area contributed by atoms with Gasteiger partial charge < -0.3 is 10.6 Å². The zero-order chi connectivity index (χ0) is 15.7. The normalized spacial score (nSPS) is 18.9. The van der Waals surface area contributed by atoms with Gasteiger partial charge in [-0.05, 0) is 30.7 Å². The third-order valence-corrected chi connectivity index (χ3v) is 4.90. The third-order valence-electron chi connectivity index (χ3n) is 3.41. The van der Waals surface area contributed by atoms with Crippen LogP contribution in [0, 0.1) is 6.92 Å². The molecular formula is C15H15N3O3S. The zero-order valence-corrected chi connectivity index (χ0v) is 12.6. The van der Waals surface area contributed by atoms with Gasteiger partial charge in [0.1, 0.15) is 4.90 Å². The van der Waals surface area contributed by atoms with E-state index in [1.165, 1.54) is 6.07 Å². The highest BCUT2D eigenvalue weighted by molar-refractivity contribution is 7.89. The van der Waals surface area contributed by atoms with Crippen molar-refractivity contribution in [1.82, 2.24) is 4.72 Å². The fourth-order valence-electron chi connectivity index (χ4n) is 2.26. The van der Waals surface area contributed by atoms with Crippen LogP contribution >= 0.6 is 0 Å². The first-order chi connectivity index (χ1) is 10.5. The van der Waals surface area contributed by atoms with Crippen LogP contribution < -0.4 is 15.4 Å². The van der Waals surface area contributed by atoms with Crippen molar-refractivity contribution in [3.63, 3.8) is 0 Å². The molecule has 0 radical (unpaired) electrons. The summed E-state index contributed by atoms with van der Waals surface area (Å²) in [5, 5.41) is 5.61. The summed E-state index contributed by atoms with van der Waals surface area (Å²) in [7, 11) is -3.71. The fourth-order valence-corrected chi connectivity index (χ4v) is 3.54. The van der Waals surface area contributed by atoms with E-state index >= 15 is 0 Å². The minimum atomic E-state index is -3.71. The van der Waals surface area contributed by atoms with Crippen molar-refractivity contribution in [2.24, 2.45) is 0 Å². The molecule has 0 bridgehead atoms. The molecule has 3 rings (SSSR count). The van der Waals surface area contributed by atoms with Crippen molar-refractivity contribution in [2.45, 2.75) is 18.0 Å². The monoisotopic (exact) mass is 317 g/mol. The molecule has 0 fully saturated rings. The molecule has 1 aliphatic rings. The van der Waals surface area contributed by atoms with Crippen LogP contribution in [-0.4, -0.2) is 20.5 Å². The number of sulfonamides is 1. The Hall–Kier alpha value is -2.38. The largest absolute Gasteiger partial charge is 0.360 e. The van der Waals surface area contributed by atoms with E-state index in [0.29, 0.717) is 11.4 Å². The minimum absolute atomic E-state index is 0.134. The van der Waals surface area contributed by atoms with Gasteiger partial charge in [-0.2, -0.15) is 4.72 Å². The number of anilines is 2. The molecule has 3 N–H and O–H groups in total. The third kappa shape index (κ3) is 2.68. The lowest BCUT2D eigenvalue weighted by molar-refractivity contribution is -0.117. The van der Waals surface area contributed by atoms with Crippen molar-refractivity contribution in [3.05, 3.63) is 54.1 Å². The van der Waals surface area contributed by atoms with Crippen LogP contribution in [0.1, 0.15) is 5.56 Å². The smallest absolute Gasteiger partial charge is 0.262 e. The number of nitrogens with one attached hydrogen (secondary N) is 3. The Kier molecular flexibility index (Phi) is 3.59. The fraction of sp³-hybridized carbons (Fsp3) is 0.133. The highest BCUT2D eigenvalue weighted by Crippen LogP contribution is 2.25. The lowest BCUT2D eigenvalue weighted by atomic mass is 10.2. The van der Waals surface area contributed by atoms with E-state index in [9.17, 15) is 13.2 Å². The van der Waals surface area contributed by atoms with Gasteiger partial charge in [0.15, 0.2) is 6.17 Å². The summed E-state index contributed by atoms with van der Waals surface area (Å²) < 4.78 is 26.7. The average molecular weight is 317 g/mol. The van der Waals surface area contributed by atoms with Gasteiger partial charge in [-0.3, -0.25) is 4.79 Å². The Labute approximate surface area is 128 Å². The van der Waals surface area contributed by atoms with Crippen LogP contribution in [0.3, 0.4) is 0 Å². The van der Waals surface area contributed by atoms with Crippen LogP contribution in [0.25, 0.3) is 0 Å². The highest BCUT2D eigenvalue weighted by atomic mass is 32.2. The first-order valence-corrected chi connectivity index (χ1v) is 8.20. The summed E-state index contributed by atoms with van der Waals surface area (Å²) >= 11 is 0. The average Bonchev–Trinajstić information content (AvgIpc) is 2.49. The summed E-state index contributed by atoms with van der Waals surface area (Å²) in [6.07, 6.45) is -1.06. The maximum atomic E-state index is 12.3. The Bertz CT molecular complexity index is 833. The SMILES string of the molecule is Cc1ccccc1NC(=O)C1Nc2ccccc2S(=O)(=O)N1. The van der Waals surface area contributed by atoms with E-state index < -0.39 is 22.1 Å². The van der Waals surface area contributed by atoms with Gasteiger partial charge in [0, 0.05) is 5.69 Å².